The standard InChI is InChI=1S/C26H34O4/c1-18(2)17-24(30-22-15-13-21(14-16-22)26(3,4)5)20-11-9-19(10-12-20)23(27)7-6-8-25(28)29/h9-16,18,24H,6-8,17H2,1-5H3,(H,28,29). The molecule has 2 aromatic rings. The van der Waals surface area contributed by atoms with Crippen LogP contribution in [-0.2, 0) is 10.2 Å². The fourth-order valence-electron chi connectivity index (χ4n) is 3.31. The van der Waals surface area contributed by atoms with E-state index in [0.717, 1.165) is 17.7 Å². The van der Waals surface area contributed by atoms with Gasteiger partial charge in [-0.05, 0) is 47.4 Å². The molecular formula is C26H34O4. The molecular weight excluding hydrogens is 376 g/mol. The maximum absolute atomic E-state index is 12.3. The van der Waals surface area contributed by atoms with Gasteiger partial charge < -0.3 is 9.84 Å². The van der Waals surface area contributed by atoms with Gasteiger partial charge in [-0.3, -0.25) is 9.59 Å². The first-order valence-electron chi connectivity index (χ1n) is 10.7. The molecule has 2 rings (SSSR count). The maximum atomic E-state index is 12.3. The summed E-state index contributed by atoms with van der Waals surface area (Å²) in [6.45, 7) is 10.9. The molecule has 0 bridgehead atoms. The molecule has 0 spiro atoms. The molecule has 162 valence electrons. The number of carbonyl (C=O) groups is 2. The highest BCUT2D eigenvalue weighted by Crippen LogP contribution is 2.30. The first kappa shape index (κ1) is 23.7. The lowest BCUT2D eigenvalue weighted by Crippen LogP contribution is -2.13. The highest BCUT2D eigenvalue weighted by molar-refractivity contribution is 5.96. The highest BCUT2D eigenvalue weighted by atomic mass is 16.5. The molecule has 1 unspecified atom stereocenters. The van der Waals surface area contributed by atoms with Gasteiger partial charge in [0.15, 0.2) is 5.78 Å². The summed E-state index contributed by atoms with van der Waals surface area (Å²) >= 11 is 0. The zero-order valence-electron chi connectivity index (χ0n) is 18.8. The summed E-state index contributed by atoms with van der Waals surface area (Å²) < 4.78 is 6.32. The van der Waals surface area contributed by atoms with Gasteiger partial charge in [-0.25, -0.2) is 0 Å². The lowest BCUT2D eigenvalue weighted by molar-refractivity contribution is -0.137. The predicted molar refractivity (Wildman–Crippen MR) is 120 cm³/mol. The molecule has 30 heavy (non-hydrogen) atoms. The molecule has 2 aromatic carbocycles. The number of carboxylic acids is 1. The number of rotatable bonds is 10. The Morgan fingerprint density at radius 2 is 1.53 bits per heavy atom. The molecule has 0 radical (unpaired) electrons. The quantitative estimate of drug-likeness (QED) is 0.449. The van der Waals surface area contributed by atoms with Gasteiger partial charge in [0.2, 0.25) is 0 Å². The Morgan fingerprint density at radius 1 is 0.933 bits per heavy atom. The van der Waals surface area contributed by atoms with Crippen molar-refractivity contribution in [1.29, 1.82) is 0 Å². The van der Waals surface area contributed by atoms with Crippen LogP contribution in [0.4, 0.5) is 0 Å². The molecule has 0 aliphatic carbocycles. The van der Waals surface area contributed by atoms with E-state index < -0.39 is 5.97 Å². The van der Waals surface area contributed by atoms with Gasteiger partial charge >= 0.3 is 5.97 Å². The first-order valence-corrected chi connectivity index (χ1v) is 10.7. The summed E-state index contributed by atoms with van der Waals surface area (Å²) in [4.78, 5) is 22.9. The fourth-order valence-corrected chi connectivity index (χ4v) is 3.31. The molecule has 0 heterocycles. The van der Waals surface area contributed by atoms with Crippen molar-refractivity contribution in [3.63, 3.8) is 0 Å². The van der Waals surface area contributed by atoms with Crippen LogP contribution in [0.5, 0.6) is 5.75 Å². The summed E-state index contributed by atoms with van der Waals surface area (Å²) in [5.41, 5.74) is 3.01. The van der Waals surface area contributed by atoms with Crippen LogP contribution in [0.2, 0.25) is 0 Å². The number of benzene rings is 2. The van der Waals surface area contributed by atoms with Crippen molar-refractivity contribution in [2.24, 2.45) is 5.92 Å². The van der Waals surface area contributed by atoms with Crippen molar-refractivity contribution in [1.82, 2.24) is 0 Å². The van der Waals surface area contributed by atoms with Crippen molar-refractivity contribution in [3.05, 3.63) is 65.2 Å². The van der Waals surface area contributed by atoms with E-state index in [0.29, 0.717) is 17.9 Å². The Morgan fingerprint density at radius 3 is 2.03 bits per heavy atom. The SMILES string of the molecule is CC(C)CC(Oc1ccc(C(C)(C)C)cc1)c1ccc(C(=O)CCCC(=O)O)cc1. The summed E-state index contributed by atoms with van der Waals surface area (Å²) in [5.74, 6) is 0.396. The van der Waals surface area contributed by atoms with E-state index in [2.05, 4.69) is 46.8 Å². The van der Waals surface area contributed by atoms with Crippen LogP contribution >= 0.6 is 0 Å². The number of hydrogen-bond donors (Lipinski definition) is 1. The van der Waals surface area contributed by atoms with E-state index in [-0.39, 0.29) is 30.1 Å². The molecule has 4 nitrogen and oxygen atoms in total. The van der Waals surface area contributed by atoms with E-state index in [1.807, 2.05) is 36.4 Å². The Bertz CT molecular complexity index is 827. The van der Waals surface area contributed by atoms with Gasteiger partial charge in [0, 0.05) is 18.4 Å². The highest BCUT2D eigenvalue weighted by Gasteiger charge is 2.18. The number of ketones is 1. The van der Waals surface area contributed by atoms with Crippen molar-refractivity contribution in [3.8, 4) is 5.75 Å². The lowest BCUT2D eigenvalue weighted by atomic mass is 9.87. The summed E-state index contributed by atoms with van der Waals surface area (Å²) in [7, 11) is 0. The van der Waals surface area contributed by atoms with Crippen LogP contribution in [0, 0.1) is 5.92 Å². The second-order valence-corrected chi connectivity index (χ2v) is 9.30. The third-order valence-electron chi connectivity index (χ3n) is 5.08. The maximum Gasteiger partial charge on any atom is 0.303 e. The minimum absolute atomic E-state index is 0.0160. The van der Waals surface area contributed by atoms with Gasteiger partial charge in [0.1, 0.15) is 11.9 Å². The Kier molecular flexibility index (Phi) is 8.22. The van der Waals surface area contributed by atoms with E-state index in [1.54, 1.807) is 0 Å². The molecule has 0 saturated carbocycles. The number of aliphatic carboxylic acids is 1. The van der Waals surface area contributed by atoms with E-state index in [9.17, 15) is 9.59 Å². The minimum Gasteiger partial charge on any atom is -0.486 e. The molecule has 0 amide bonds. The molecule has 0 fully saturated rings. The minimum atomic E-state index is -0.873. The van der Waals surface area contributed by atoms with Crippen molar-refractivity contribution < 1.29 is 19.4 Å². The monoisotopic (exact) mass is 410 g/mol. The van der Waals surface area contributed by atoms with Crippen LogP contribution in [0.3, 0.4) is 0 Å². The van der Waals surface area contributed by atoms with E-state index in [1.165, 1.54) is 5.56 Å². The Hall–Kier alpha value is -2.62. The molecule has 0 aliphatic heterocycles. The van der Waals surface area contributed by atoms with Crippen LogP contribution in [-0.4, -0.2) is 16.9 Å². The number of carboxylic acid groups (broad SMARTS) is 1. The smallest absolute Gasteiger partial charge is 0.303 e. The third kappa shape index (κ3) is 7.33. The number of hydrogen-bond acceptors (Lipinski definition) is 3. The fraction of sp³-hybridized carbons (Fsp3) is 0.462. The second-order valence-electron chi connectivity index (χ2n) is 9.30. The number of ether oxygens (including phenoxy) is 1. The van der Waals surface area contributed by atoms with Crippen molar-refractivity contribution >= 4 is 11.8 Å². The van der Waals surface area contributed by atoms with E-state index in [4.69, 9.17) is 9.84 Å². The average Bonchev–Trinajstić information content (AvgIpc) is 2.66. The topological polar surface area (TPSA) is 63.6 Å². The second kappa shape index (κ2) is 10.4. The van der Waals surface area contributed by atoms with Gasteiger partial charge in [-0.2, -0.15) is 0 Å². The average molecular weight is 411 g/mol. The Labute approximate surface area is 180 Å². The Balaban J connectivity index is 2.11. The van der Waals surface area contributed by atoms with Crippen LogP contribution in [0.25, 0.3) is 0 Å². The molecule has 0 aliphatic rings. The van der Waals surface area contributed by atoms with E-state index >= 15 is 0 Å². The molecule has 1 N–H and O–H groups in total. The zero-order valence-corrected chi connectivity index (χ0v) is 18.8. The molecule has 4 heteroatoms. The van der Waals surface area contributed by atoms with Crippen LogP contribution < -0.4 is 4.74 Å². The van der Waals surface area contributed by atoms with Crippen LogP contribution in [0.1, 0.15) is 87.9 Å². The molecule has 1 atom stereocenters. The lowest BCUT2D eigenvalue weighted by Gasteiger charge is -2.23. The van der Waals surface area contributed by atoms with Gasteiger partial charge in [-0.15, -0.1) is 0 Å². The normalized spacial score (nSPS) is 12.6. The molecule has 0 saturated heterocycles. The number of Topliss-reactive ketones (excluding diaryl/α,β-unsaturated/α-hetero) is 1. The largest absolute Gasteiger partial charge is 0.486 e. The van der Waals surface area contributed by atoms with Gasteiger partial charge in [-0.1, -0.05) is 71.0 Å². The first-order chi connectivity index (χ1) is 14.1. The summed E-state index contributed by atoms with van der Waals surface area (Å²) in [5, 5.41) is 8.72. The zero-order chi connectivity index (χ0) is 22.3. The van der Waals surface area contributed by atoms with Gasteiger partial charge in [0.05, 0.1) is 0 Å². The number of carbonyl (C=O) groups excluding carboxylic acids is 1. The van der Waals surface area contributed by atoms with Crippen LogP contribution in [0.15, 0.2) is 48.5 Å². The predicted octanol–water partition coefficient (Wildman–Crippen LogP) is 6.59. The third-order valence-corrected chi connectivity index (χ3v) is 5.08. The molecule has 0 aromatic heterocycles. The summed E-state index contributed by atoms with van der Waals surface area (Å²) in [6.07, 6.45) is 1.40. The van der Waals surface area contributed by atoms with Crippen molar-refractivity contribution in [2.45, 2.75) is 71.8 Å². The van der Waals surface area contributed by atoms with Crippen molar-refractivity contribution in [2.75, 3.05) is 0 Å². The summed E-state index contributed by atoms with van der Waals surface area (Å²) in [6, 6.07) is 15.8. The van der Waals surface area contributed by atoms with Gasteiger partial charge in [0.25, 0.3) is 0 Å².